The molecular weight excluding hydrogens is 458 g/mol. The Morgan fingerprint density at radius 2 is 1.71 bits per heavy atom. The van der Waals surface area contributed by atoms with Gasteiger partial charge in [0.2, 0.25) is 0 Å². The second-order valence-corrected chi connectivity index (χ2v) is 6.95. The molecule has 0 bridgehead atoms. The van der Waals surface area contributed by atoms with Crippen molar-refractivity contribution < 1.29 is 33.4 Å². The lowest BCUT2D eigenvalue weighted by Crippen LogP contribution is -2.24. The predicted molar refractivity (Wildman–Crippen MR) is 122 cm³/mol. The third-order valence-corrected chi connectivity index (χ3v) is 4.62. The van der Waals surface area contributed by atoms with Crippen molar-refractivity contribution >= 4 is 41.3 Å². The second kappa shape index (κ2) is 11.3. The first-order chi connectivity index (χ1) is 16.8. The number of rotatable bonds is 8. The molecule has 0 saturated heterocycles. The standard InChI is InChI=1S/C23H21N5O7/c1-14-25-26-27-28(14)19(11-15-7-5-4-6-8-15)23(32)35-13-20(29)24-18-12-16(21(30)33-2)9-10-17(18)22(31)34-3/h4-12H,13H2,1-3H3,(H,24,29)/b19-11-. The van der Waals surface area contributed by atoms with Crippen LogP contribution in [0, 0.1) is 6.92 Å². The van der Waals surface area contributed by atoms with Gasteiger partial charge in [0.15, 0.2) is 18.1 Å². The summed E-state index contributed by atoms with van der Waals surface area (Å²) < 4.78 is 15.7. The van der Waals surface area contributed by atoms with Crippen molar-refractivity contribution in [3.63, 3.8) is 0 Å². The predicted octanol–water partition coefficient (Wildman–Crippen LogP) is 1.73. The van der Waals surface area contributed by atoms with Crippen LogP contribution in [-0.2, 0) is 23.8 Å². The maximum absolute atomic E-state index is 12.8. The minimum absolute atomic E-state index is 0.00573. The number of carbonyl (C=O) groups is 4. The van der Waals surface area contributed by atoms with Crippen molar-refractivity contribution in [2.75, 3.05) is 26.1 Å². The summed E-state index contributed by atoms with van der Waals surface area (Å²) in [6.07, 6.45) is 1.51. The number of tetrazole rings is 1. The van der Waals surface area contributed by atoms with Gasteiger partial charge in [0.1, 0.15) is 0 Å². The number of aryl methyl sites for hydroxylation is 1. The Labute approximate surface area is 199 Å². The number of hydrogen-bond donors (Lipinski definition) is 1. The Hall–Kier alpha value is -4.87. The molecular formula is C23H21N5O7. The summed E-state index contributed by atoms with van der Waals surface area (Å²) in [6, 6.07) is 12.8. The van der Waals surface area contributed by atoms with Gasteiger partial charge in [0.05, 0.1) is 31.0 Å². The van der Waals surface area contributed by atoms with Crippen LogP contribution in [-0.4, -0.2) is 64.8 Å². The number of nitrogens with zero attached hydrogens (tertiary/aromatic N) is 4. The van der Waals surface area contributed by atoms with Crippen molar-refractivity contribution in [1.82, 2.24) is 20.2 Å². The molecule has 0 atom stereocenters. The van der Waals surface area contributed by atoms with Crippen molar-refractivity contribution in [2.45, 2.75) is 6.92 Å². The molecule has 0 saturated carbocycles. The van der Waals surface area contributed by atoms with E-state index in [1.54, 1.807) is 31.2 Å². The lowest BCUT2D eigenvalue weighted by atomic mass is 10.1. The molecule has 0 radical (unpaired) electrons. The van der Waals surface area contributed by atoms with E-state index in [0.29, 0.717) is 11.4 Å². The smallest absolute Gasteiger partial charge is 0.357 e. The molecule has 0 aliphatic heterocycles. The number of esters is 3. The molecule has 0 unspecified atom stereocenters. The summed E-state index contributed by atoms with van der Waals surface area (Å²) in [5.74, 6) is -2.71. The second-order valence-electron chi connectivity index (χ2n) is 6.95. The van der Waals surface area contributed by atoms with Crippen LogP contribution in [0.25, 0.3) is 11.8 Å². The van der Waals surface area contributed by atoms with E-state index in [2.05, 4.69) is 25.6 Å². The number of benzene rings is 2. The van der Waals surface area contributed by atoms with Crippen LogP contribution in [0.3, 0.4) is 0 Å². The Morgan fingerprint density at radius 3 is 2.34 bits per heavy atom. The molecule has 0 fully saturated rings. The van der Waals surface area contributed by atoms with Gasteiger partial charge in [-0.1, -0.05) is 30.3 Å². The highest BCUT2D eigenvalue weighted by molar-refractivity contribution is 6.16. The number of aromatic nitrogens is 4. The molecule has 3 rings (SSSR count). The van der Waals surface area contributed by atoms with Crippen molar-refractivity contribution in [3.05, 3.63) is 71.0 Å². The number of carbonyl (C=O) groups excluding carboxylic acids is 4. The fourth-order valence-corrected chi connectivity index (χ4v) is 2.94. The molecule has 3 aromatic rings. The molecule has 180 valence electrons. The summed E-state index contributed by atoms with van der Waals surface area (Å²) in [5.41, 5.74) is 0.733. The van der Waals surface area contributed by atoms with E-state index in [-0.39, 0.29) is 22.5 Å². The van der Waals surface area contributed by atoms with E-state index in [1.807, 2.05) is 6.07 Å². The Balaban J connectivity index is 1.79. The Morgan fingerprint density at radius 1 is 1.00 bits per heavy atom. The fraction of sp³-hybridized carbons (Fsp3) is 0.174. The number of anilines is 1. The van der Waals surface area contributed by atoms with Gasteiger partial charge in [-0.05, 0) is 47.2 Å². The summed E-state index contributed by atoms with van der Waals surface area (Å²) in [4.78, 5) is 49.3. The molecule has 1 N–H and O–H groups in total. The fourth-order valence-electron chi connectivity index (χ4n) is 2.94. The molecule has 0 spiro atoms. The van der Waals surface area contributed by atoms with Crippen LogP contribution in [0.1, 0.15) is 32.1 Å². The molecule has 1 heterocycles. The normalized spacial score (nSPS) is 10.9. The van der Waals surface area contributed by atoms with E-state index >= 15 is 0 Å². The summed E-state index contributed by atoms with van der Waals surface area (Å²) in [7, 11) is 2.37. The van der Waals surface area contributed by atoms with Gasteiger partial charge in [0, 0.05) is 0 Å². The molecule has 1 aromatic heterocycles. The lowest BCUT2D eigenvalue weighted by Gasteiger charge is -2.12. The van der Waals surface area contributed by atoms with Crippen LogP contribution in [0.5, 0.6) is 0 Å². The average molecular weight is 479 g/mol. The third kappa shape index (κ3) is 6.13. The van der Waals surface area contributed by atoms with E-state index < -0.39 is 30.4 Å². The molecule has 0 aliphatic rings. The van der Waals surface area contributed by atoms with E-state index in [1.165, 1.54) is 43.2 Å². The maximum atomic E-state index is 12.8. The van der Waals surface area contributed by atoms with Gasteiger partial charge >= 0.3 is 17.9 Å². The van der Waals surface area contributed by atoms with E-state index in [0.717, 1.165) is 0 Å². The topological polar surface area (TPSA) is 152 Å². The number of methoxy groups -OCH3 is 2. The van der Waals surface area contributed by atoms with Crippen LogP contribution in [0.2, 0.25) is 0 Å². The molecule has 1 amide bonds. The molecule has 0 aliphatic carbocycles. The van der Waals surface area contributed by atoms with Gasteiger partial charge in [-0.2, -0.15) is 4.68 Å². The highest BCUT2D eigenvalue weighted by atomic mass is 16.5. The van der Waals surface area contributed by atoms with Gasteiger partial charge in [0.25, 0.3) is 5.91 Å². The molecule has 12 nitrogen and oxygen atoms in total. The van der Waals surface area contributed by atoms with Crippen molar-refractivity contribution in [3.8, 4) is 0 Å². The highest BCUT2D eigenvalue weighted by Crippen LogP contribution is 2.20. The molecule has 2 aromatic carbocycles. The van der Waals surface area contributed by atoms with Crippen molar-refractivity contribution in [1.29, 1.82) is 0 Å². The number of hydrogen-bond acceptors (Lipinski definition) is 10. The average Bonchev–Trinajstić information content (AvgIpc) is 3.30. The highest BCUT2D eigenvalue weighted by Gasteiger charge is 2.21. The Bertz CT molecular complexity index is 1280. The van der Waals surface area contributed by atoms with Gasteiger partial charge in [-0.3, -0.25) is 4.79 Å². The van der Waals surface area contributed by atoms with Crippen molar-refractivity contribution in [2.24, 2.45) is 0 Å². The Kier molecular flexibility index (Phi) is 8.01. The van der Waals surface area contributed by atoms with E-state index in [9.17, 15) is 19.2 Å². The molecule has 12 heteroatoms. The number of nitrogens with one attached hydrogen (secondary N) is 1. The monoisotopic (exact) mass is 479 g/mol. The number of ether oxygens (including phenoxy) is 3. The first-order valence-electron chi connectivity index (χ1n) is 10.1. The third-order valence-electron chi connectivity index (χ3n) is 4.62. The minimum Gasteiger partial charge on any atom is -0.465 e. The van der Waals surface area contributed by atoms with Gasteiger partial charge in [-0.15, -0.1) is 5.10 Å². The summed E-state index contributed by atoms with van der Waals surface area (Å²) in [6.45, 7) is 0.899. The first-order valence-corrected chi connectivity index (χ1v) is 10.1. The van der Waals surface area contributed by atoms with Gasteiger partial charge in [-0.25, -0.2) is 14.4 Å². The lowest BCUT2D eigenvalue weighted by molar-refractivity contribution is -0.141. The van der Waals surface area contributed by atoms with Crippen LogP contribution in [0.4, 0.5) is 5.69 Å². The quantitative estimate of drug-likeness (QED) is 0.287. The van der Waals surface area contributed by atoms with Crippen LogP contribution in [0.15, 0.2) is 48.5 Å². The van der Waals surface area contributed by atoms with Crippen LogP contribution >= 0.6 is 0 Å². The first kappa shape index (κ1) is 24.8. The minimum atomic E-state index is -0.865. The SMILES string of the molecule is COC(=O)c1ccc(C(=O)OC)c(NC(=O)COC(=O)/C(=C/c2ccccc2)n2nnnc2C)c1. The maximum Gasteiger partial charge on any atom is 0.357 e. The van der Waals surface area contributed by atoms with Gasteiger partial charge < -0.3 is 19.5 Å². The summed E-state index contributed by atoms with van der Waals surface area (Å²) in [5, 5.41) is 13.5. The zero-order chi connectivity index (χ0) is 25.4. The largest absolute Gasteiger partial charge is 0.465 e. The van der Waals surface area contributed by atoms with E-state index in [4.69, 9.17) is 9.47 Å². The zero-order valence-electron chi connectivity index (χ0n) is 19.0. The zero-order valence-corrected chi connectivity index (χ0v) is 19.0. The van der Waals surface area contributed by atoms with Crippen LogP contribution < -0.4 is 5.32 Å². The molecule has 35 heavy (non-hydrogen) atoms. The number of amides is 1. The summed E-state index contributed by atoms with van der Waals surface area (Å²) >= 11 is 0.